The van der Waals surface area contributed by atoms with E-state index in [1.54, 1.807) is 11.0 Å². The molecule has 0 atom stereocenters. The van der Waals surface area contributed by atoms with Crippen molar-refractivity contribution in [1.82, 2.24) is 9.88 Å². The van der Waals surface area contributed by atoms with Crippen LogP contribution >= 0.6 is 23.7 Å². The number of nitro groups is 1. The van der Waals surface area contributed by atoms with Gasteiger partial charge in [0, 0.05) is 30.8 Å². The van der Waals surface area contributed by atoms with E-state index in [0.29, 0.717) is 18.2 Å². The van der Waals surface area contributed by atoms with E-state index in [2.05, 4.69) is 18.7 Å². The number of hydrogen-bond donors (Lipinski definition) is 0. The molecule has 1 amide bonds. The van der Waals surface area contributed by atoms with Crippen molar-refractivity contribution in [3.05, 3.63) is 63.7 Å². The predicted octanol–water partition coefficient (Wildman–Crippen LogP) is 4.92. The van der Waals surface area contributed by atoms with Gasteiger partial charge in [0.1, 0.15) is 0 Å². The summed E-state index contributed by atoms with van der Waals surface area (Å²) in [6.45, 7) is 9.08. The molecule has 1 aromatic heterocycles. The fourth-order valence-corrected chi connectivity index (χ4v) is 4.23. The van der Waals surface area contributed by atoms with Gasteiger partial charge >= 0.3 is 0 Å². The Hall–Kier alpha value is -2.55. The Morgan fingerprint density at radius 2 is 1.83 bits per heavy atom. The normalized spacial score (nSPS) is 10.8. The Morgan fingerprint density at radius 3 is 2.47 bits per heavy atom. The van der Waals surface area contributed by atoms with Crippen molar-refractivity contribution in [2.45, 2.75) is 20.8 Å². The summed E-state index contributed by atoms with van der Waals surface area (Å²) in [5.41, 5.74) is 2.12. The molecule has 7 nitrogen and oxygen atoms in total. The topological polar surface area (TPSA) is 79.6 Å². The standard InChI is InChI=1S/C21H24N4O3S.ClH/c1-4-23(5-2)12-13-24(20(26)16-9-7-10-17(14-16)25(27)28)21-22-19-15(3)8-6-11-18(19)29-21;/h6-11,14H,4-5,12-13H2,1-3H3;1H. The first kappa shape index (κ1) is 23.7. The van der Waals surface area contributed by atoms with Crippen LogP contribution in [0.15, 0.2) is 42.5 Å². The molecule has 1 heterocycles. The third-order valence-corrected chi connectivity index (χ3v) is 5.97. The molecule has 0 saturated carbocycles. The van der Waals surface area contributed by atoms with Gasteiger partial charge in [-0.2, -0.15) is 0 Å². The first-order valence-corrected chi connectivity index (χ1v) is 10.4. The van der Waals surface area contributed by atoms with Gasteiger partial charge in [0.25, 0.3) is 11.6 Å². The van der Waals surface area contributed by atoms with Crippen molar-refractivity contribution >= 4 is 50.7 Å². The minimum atomic E-state index is -0.488. The number of nitrogens with zero attached hydrogens (tertiary/aromatic N) is 4. The van der Waals surface area contributed by atoms with Crippen LogP contribution in [0.2, 0.25) is 0 Å². The van der Waals surface area contributed by atoms with Crippen LogP contribution in [-0.2, 0) is 0 Å². The molecule has 0 bridgehead atoms. The van der Waals surface area contributed by atoms with Crippen LogP contribution in [0, 0.1) is 17.0 Å². The van der Waals surface area contributed by atoms with Gasteiger partial charge in [-0.05, 0) is 37.7 Å². The number of fused-ring (bicyclic) bond motifs is 1. The lowest BCUT2D eigenvalue weighted by Gasteiger charge is -2.24. The molecule has 160 valence electrons. The lowest BCUT2D eigenvalue weighted by Crippen LogP contribution is -2.38. The van der Waals surface area contributed by atoms with Gasteiger partial charge in [-0.25, -0.2) is 4.98 Å². The first-order valence-electron chi connectivity index (χ1n) is 9.59. The van der Waals surface area contributed by atoms with E-state index in [0.717, 1.165) is 28.9 Å². The lowest BCUT2D eigenvalue weighted by atomic mass is 10.2. The maximum atomic E-state index is 13.3. The molecule has 9 heteroatoms. The summed E-state index contributed by atoms with van der Waals surface area (Å²) in [4.78, 5) is 32.5. The molecule has 0 aliphatic heterocycles. The fraction of sp³-hybridized carbons (Fsp3) is 0.333. The molecule has 0 aliphatic carbocycles. The van der Waals surface area contributed by atoms with Crippen molar-refractivity contribution in [3.63, 3.8) is 0 Å². The van der Waals surface area contributed by atoms with Gasteiger partial charge in [0.15, 0.2) is 5.13 Å². The number of aromatic nitrogens is 1. The lowest BCUT2D eigenvalue weighted by molar-refractivity contribution is -0.384. The number of carbonyl (C=O) groups is 1. The van der Waals surface area contributed by atoms with Gasteiger partial charge in [0.2, 0.25) is 0 Å². The van der Waals surface area contributed by atoms with Crippen LogP contribution < -0.4 is 4.90 Å². The third kappa shape index (κ3) is 5.13. The van der Waals surface area contributed by atoms with E-state index < -0.39 is 4.92 Å². The largest absolute Gasteiger partial charge is 0.302 e. The van der Waals surface area contributed by atoms with Crippen LogP contribution in [0.5, 0.6) is 0 Å². The van der Waals surface area contributed by atoms with E-state index in [1.165, 1.54) is 29.5 Å². The average molecular weight is 449 g/mol. The maximum Gasteiger partial charge on any atom is 0.270 e. The first-order chi connectivity index (χ1) is 13.9. The minimum absolute atomic E-state index is 0. The zero-order valence-corrected chi connectivity index (χ0v) is 18.8. The number of thiazole rings is 1. The molecule has 3 aromatic rings. The summed E-state index contributed by atoms with van der Waals surface area (Å²) >= 11 is 1.46. The number of benzene rings is 2. The summed E-state index contributed by atoms with van der Waals surface area (Å²) in [6, 6.07) is 11.8. The predicted molar refractivity (Wildman–Crippen MR) is 124 cm³/mol. The number of anilines is 1. The van der Waals surface area contributed by atoms with Crippen LogP contribution in [0.25, 0.3) is 10.2 Å². The van der Waals surface area contributed by atoms with Crippen molar-refractivity contribution in [3.8, 4) is 0 Å². The van der Waals surface area contributed by atoms with Crippen LogP contribution in [0.3, 0.4) is 0 Å². The van der Waals surface area contributed by atoms with E-state index in [1.807, 2.05) is 25.1 Å². The molecule has 0 radical (unpaired) electrons. The molecule has 0 saturated heterocycles. The monoisotopic (exact) mass is 448 g/mol. The number of rotatable bonds is 8. The minimum Gasteiger partial charge on any atom is -0.302 e. The zero-order chi connectivity index (χ0) is 21.0. The van der Waals surface area contributed by atoms with Gasteiger partial charge in [-0.1, -0.05) is 43.4 Å². The quantitative estimate of drug-likeness (QED) is 0.361. The zero-order valence-electron chi connectivity index (χ0n) is 17.2. The fourth-order valence-electron chi connectivity index (χ4n) is 3.16. The van der Waals surface area contributed by atoms with Crippen molar-refractivity contribution in [1.29, 1.82) is 0 Å². The summed E-state index contributed by atoms with van der Waals surface area (Å²) in [6.07, 6.45) is 0. The molecule has 0 spiro atoms. The van der Waals surface area contributed by atoms with E-state index in [9.17, 15) is 14.9 Å². The van der Waals surface area contributed by atoms with Crippen molar-refractivity contribution in [2.75, 3.05) is 31.1 Å². The van der Waals surface area contributed by atoms with E-state index >= 15 is 0 Å². The molecule has 0 aliphatic rings. The molecule has 0 N–H and O–H groups in total. The van der Waals surface area contributed by atoms with Crippen LogP contribution in [0.1, 0.15) is 29.8 Å². The number of non-ortho nitro benzene ring substituents is 1. The van der Waals surface area contributed by atoms with Crippen molar-refractivity contribution in [2.24, 2.45) is 0 Å². The molecular weight excluding hydrogens is 424 g/mol. The highest BCUT2D eigenvalue weighted by atomic mass is 35.5. The number of halogens is 1. The second kappa shape index (κ2) is 10.5. The molecule has 2 aromatic carbocycles. The molecule has 3 rings (SSSR count). The second-order valence-electron chi connectivity index (χ2n) is 6.71. The number of amides is 1. The van der Waals surface area contributed by atoms with E-state index in [4.69, 9.17) is 4.98 Å². The highest BCUT2D eigenvalue weighted by molar-refractivity contribution is 7.22. The Labute approximate surface area is 185 Å². The molecule has 0 unspecified atom stereocenters. The number of carbonyl (C=O) groups excluding carboxylic acids is 1. The highest BCUT2D eigenvalue weighted by Crippen LogP contribution is 2.31. The number of para-hydroxylation sites is 1. The summed E-state index contributed by atoms with van der Waals surface area (Å²) in [5, 5.41) is 11.7. The molecular formula is C21H25ClN4O3S. The Bertz CT molecular complexity index is 1040. The number of likely N-dealkylation sites (N-methyl/N-ethyl adjacent to an activating group) is 1. The second-order valence-corrected chi connectivity index (χ2v) is 7.72. The summed E-state index contributed by atoms with van der Waals surface area (Å²) < 4.78 is 1.01. The van der Waals surface area contributed by atoms with E-state index in [-0.39, 0.29) is 29.6 Å². The average Bonchev–Trinajstić information content (AvgIpc) is 3.16. The Kier molecular flexibility index (Phi) is 8.28. The number of hydrogen-bond acceptors (Lipinski definition) is 6. The highest BCUT2D eigenvalue weighted by Gasteiger charge is 2.23. The number of aryl methyl sites for hydroxylation is 1. The Balaban J connectivity index is 0.00000320. The maximum absolute atomic E-state index is 13.3. The third-order valence-electron chi connectivity index (χ3n) is 4.92. The number of nitro benzene ring substituents is 1. The van der Waals surface area contributed by atoms with Crippen LogP contribution in [-0.4, -0.2) is 46.9 Å². The van der Waals surface area contributed by atoms with Crippen LogP contribution in [0.4, 0.5) is 10.8 Å². The Morgan fingerprint density at radius 1 is 1.13 bits per heavy atom. The van der Waals surface area contributed by atoms with Gasteiger partial charge in [-0.15, -0.1) is 12.4 Å². The van der Waals surface area contributed by atoms with Crippen molar-refractivity contribution < 1.29 is 9.72 Å². The van der Waals surface area contributed by atoms with Gasteiger partial charge in [-0.3, -0.25) is 19.8 Å². The molecule has 0 fully saturated rings. The SMILES string of the molecule is CCN(CC)CCN(C(=O)c1cccc([N+](=O)[O-])c1)c1nc2c(C)cccc2s1.Cl. The van der Waals surface area contributed by atoms with Gasteiger partial charge < -0.3 is 4.90 Å². The smallest absolute Gasteiger partial charge is 0.270 e. The van der Waals surface area contributed by atoms with Gasteiger partial charge in [0.05, 0.1) is 15.1 Å². The summed E-state index contributed by atoms with van der Waals surface area (Å²) in [5.74, 6) is -0.280. The summed E-state index contributed by atoms with van der Waals surface area (Å²) in [7, 11) is 0. The molecule has 30 heavy (non-hydrogen) atoms.